The monoisotopic (exact) mass is 573 g/mol. The number of carbonyl (C=O) groups excluding carboxylic acids is 2. The maximum Gasteiger partial charge on any atom is 0.264 e. The van der Waals surface area contributed by atoms with Gasteiger partial charge in [-0.05, 0) is 42.0 Å². The summed E-state index contributed by atoms with van der Waals surface area (Å²) in [7, 11) is 2.97. The maximum absolute atomic E-state index is 13.6. The second-order valence-corrected chi connectivity index (χ2v) is 9.44. The molecule has 1 heterocycles. The number of methoxy groups -OCH3 is 2. The Morgan fingerprint density at radius 1 is 1.03 bits per heavy atom. The molecule has 4 rings (SSSR count). The van der Waals surface area contributed by atoms with E-state index in [0.29, 0.717) is 27.2 Å². The third kappa shape index (κ3) is 4.30. The number of ether oxygens (including phenoxy) is 2. The molecule has 33 heavy (non-hydrogen) atoms. The van der Waals surface area contributed by atoms with Crippen LogP contribution in [0.1, 0.15) is 27.9 Å². The number of Topliss-reactive ketones (excluding diaryl/α,β-unsaturated/α-hetero) is 1. The number of ketones is 1. The number of halogens is 2. The van der Waals surface area contributed by atoms with Gasteiger partial charge in [0, 0.05) is 20.6 Å². The third-order valence-electron chi connectivity index (χ3n) is 5.71. The van der Waals surface area contributed by atoms with Crippen LogP contribution < -0.4 is 14.4 Å². The summed E-state index contributed by atoms with van der Waals surface area (Å²) in [4.78, 5) is 28.4. The number of nitrogens with zero attached hydrogens (tertiary/aromatic N) is 1. The minimum atomic E-state index is -2.01. The van der Waals surface area contributed by atoms with Crippen LogP contribution >= 0.6 is 31.9 Å². The number of hydrogen-bond donors (Lipinski definition) is 1. The summed E-state index contributed by atoms with van der Waals surface area (Å²) in [6.45, 7) is 0.247. The van der Waals surface area contributed by atoms with Gasteiger partial charge in [-0.2, -0.15) is 0 Å². The molecule has 170 valence electrons. The largest absolute Gasteiger partial charge is 0.497 e. The number of hydrogen-bond acceptors (Lipinski definition) is 5. The second kappa shape index (κ2) is 9.29. The molecule has 1 N–H and O–H groups in total. The molecular formula is C25H21Br2NO5. The molecule has 6 nitrogen and oxygen atoms in total. The molecule has 1 atom stereocenters. The topological polar surface area (TPSA) is 76.1 Å². The zero-order valence-corrected chi connectivity index (χ0v) is 21.1. The highest BCUT2D eigenvalue weighted by molar-refractivity contribution is 9.10. The highest BCUT2D eigenvalue weighted by Gasteiger charge is 2.51. The van der Waals surface area contributed by atoms with Gasteiger partial charge < -0.3 is 19.5 Å². The van der Waals surface area contributed by atoms with Crippen LogP contribution in [-0.2, 0) is 16.9 Å². The predicted octanol–water partition coefficient (Wildman–Crippen LogP) is 5.24. The molecule has 1 aliphatic rings. The van der Waals surface area contributed by atoms with Crippen LogP contribution in [-0.4, -0.2) is 31.0 Å². The van der Waals surface area contributed by atoms with E-state index in [-0.39, 0.29) is 12.1 Å². The summed E-state index contributed by atoms with van der Waals surface area (Å²) < 4.78 is 12.1. The molecule has 0 aromatic heterocycles. The van der Waals surface area contributed by atoms with Crippen molar-refractivity contribution in [3.05, 3.63) is 86.3 Å². The first-order valence-electron chi connectivity index (χ1n) is 10.1. The van der Waals surface area contributed by atoms with Crippen LogP contribution in [0.3, 0.4) is 0 Å². The molecule has 1 unspecified atom stereocenters. The van der Waals surface area contributed by atoms with Crippen molar-refractivity contribution in [3.8, 4) is 11.5 Å². The van der Waals surface area contributed by atoms with E-state index in [4.69, 9.17) is 9.47 Å². The summed E-state index contributed by atoms with van der Waals surface area (Å²) >= 11 is 6.93. The summed E-state index contributed by atoms with van der Waals surface area (Å²) in [6, 6.07) is 17.6. The van der Waals surface area contributed by atoms with Crippen molar-refractivity contribution >= 4 is 49.2 Å². The van der Waals surface area contributed by atoms with Crippen LogP contribution in [0.4, 0.5) is 5.69 Å². The van der Waals surface area contributed by atoms with Crippen molar-refractivity contribution in [2.75, 3.05) is 19.1 Å². The smallest absolute Gasteiger partial charge is 0.264 e. The van der Waals surface area contributed by atoms with Crippen LogP contribution in [0.2, 0.25) is 0 Å². The van der Waals surface area contributed by atoms with Gasteiger partial charge in [-0.15, -0.1) is 0 Å². The Kier molecular flexibility index (Phi) is 6.61. The van der Waals surface area contributed by atoms with Crippen LogP contribution in [0.15, 0.2) is 69.6 Å². The Bertz CT molecular complexity index is 1250. The number of benzene rings is 3. The third-order valence-corrected chi connectivity index (χ3v) is 6.97. The van der Waals surface area contributed by atoms with E-state index >= 15 is 0 Å². The molecule has 1 amide bonds. The molecule has 1 aliphatic heterocycles. The van der Waals surface area contributed by atoms with Gasteiger partial charge in [0.05, 0.1) is 38.4 Å². The number of carbonyl (C=O) groups is 2. The normalized spacial score (nSPS) is 17.1. The Labute approximate surface area is 208 Å². The van der Waals surface area contributed by atoms with Gasteiger partial charge in [-0.3, -0.25) is 9.59 Å². The van der Waals surface area contributed by atoms with Gasteiger partial charge in [-0.1, -0.05) is 50.1 Å². The Morgan fingerprint density at radius 3 is 2.48 bits per heavy atom. The molecule has 3 aromatic carbocycles. The van der Waals surface area contributed by atoms with Crippen LogP contribution in [0.25, 0.3) is 0 Å². The average Bonchev–Trinajstić information content (AvgIpc) is 3.01. The van der Waals surface area contributed by atoms with E-state index in [1.54, 1.807) is 36.4 Å². The fourth-order valence-corrected chi connectivity index (χ4v) is 4.78. The van der Waals surface area contributed by atoms with Gasteiger partial charge in [-0.25, -0.2) is 0 Å². The summed E-state index contributed by atoms with van der Waals surface area (Å²) in [5, 5.41) is 11.6. The second-order valence-electron chi connectivity index (χ2n) is 7.67. The van der Waals surface area contributed by atoms with Crippen molar-refractivity contribution in [1.82, 2.24) is 0 Å². The molecule has 0 bridgehead atoms. The Balaban J connectivity index is 1.72. The molecular weight excluding hydrogens is 554 g/mol. The lowest BCUT2D eigenvalue weighted by Gasteiger charge is -2.23. The number of amides is 1. The van der Waals surface area contributed by atoms with Crippen molar-refractivity contribution < 1.29 is 24.2 Å². The average molecular weight is 575 g/mol. The van der Waals surface area contributed by atoms with Crippen LogP contribution in [0.5, 0.6) is 11.5 Å². The zero-order chi connectivity index (χ0) is 23.8. The maximum atomic E-state index is 13.6. The molecule has 0 spiro atoms. The number of rotatable bonds is 7. The Hall–Kier alpha value is -2.68. The van der Waals surface area contributed by atoms with Gasteiger partial charge in [0.15, 0.2) is 11.4 Å². The van der Waals surface area contributed by atoms with Crippen molar-refractivity contribution in [2.24, 2.45) is 0 Å². The molecule has 8 heteroatoms. The first-order chi connectivity index (χ1) is 15.8. The molecule has 0 fully saturated rings. The molecule has 0 saturated heterocycles. The lowest BCUT2D eigenvalue weighted by Crippen LogP contribution is -2.41. The summed E-state index contributed by atoms with van der Waals surface area (Å²) in [5.74, 6) is -0.118. The van der Waals surface area contributed by atoms with Crippen molar-refractivity contribution in [1.29, 1.82) is 0 Å². The minimum absolute atomic E-state index is 0.247. The highest BCUT2D eigenvalue weighted by Crippen LogP contribution is 2.45. The molecule has 0 radical (unpaired) electrons. The fourth-order valence-electron chi connectivity index (χ4n) is 4.00. The quantitative estimate of drug-likeness (QED) is 0.391. The number of fused-ring (bicyclic) bond motifs is 1. The van der Waals surface area contributed by atoms with E-state index in [1.807, 2.05) is 24.3 Å². The molecule has 0 aliphatic carbocycles. The number of aliphatic hydroxyl groups is 1. The predicted molar refractivity (Wildman–Crippen MR) is 132 cm³/mol. The zero-order valence-electron chi connectivity index (χ0n) is 18.0. The van der Waals surface area contributed by atoms with E-state index < -0.39 is 23.7 Å². The van der Waals surface area contributed by atoms with Crippen molar-refractivity contribution in [3.63, 3.8) is 0 Å². The van der Waals surface area contributed by atoms with Gasteiger partial charge in [0.25, 0.3) is 5.91 Å². The summed E-state index contributed by atoms with van der Waals surface area (Å²) in [5.41, 5.74) is 0.0840. The first kappa shape index (κ1) is 23.5. The lowest BCUT2D eigenvalue weighted by molar-refractivity contribution is -0.136. The lowest BCUT2D eigenvalue weighted by atomic mass is 9.88. The minimum Gasteiger partial charge on any atom is -0.497 e. The van der Waals surface area contributed by atoms with E-state index in [0.717, 1.165) is 10.0 Å². The summed E-state index contributed by atoms with van der Waals surface area (Å²) in [6.07, 6.45) is -0.426. The van der Waals surface area contributed by atoms with Crippen molar-refractivity contribution in [2.45, 2.75) is 18.6 Å². The van der Waals surface area contributed by atoms with Gasteiger partial charge >= 0.3 is 0 Å². The highest BCUT2D eigenvalue weighted by atomic mass is 79.9. The van der Waals surface area contributed by atoms with E-state index in [2.05, 4.69) is 31.9 Å². The first-order valence-corrected chi connectivity index (χ1v) is 11.7. The van der Waals surface area contributed by atoms with Crippen LogP contribution in [0, 0.1) is 0 Å². The van der Waals surface area contributed by atoms with Gasteiger partial charge in [0.1, 0.15) is 11.5 Å². The van der Waals surface area contributed by atoms with E-state index in [9.17, 15) is 14.7 Å². The molecule has 3 aromatic rings. The Morgan fingerprint density at radius 2 is 1.79 bits per heavy atom. The molecule has 0 saturated carbocycles. The SMILES string of the molecule is COc1ccc(C(=O)CC2(O)C(=O)N(Cc3ccccc3Br)c3ccc(Br)cc32)c(OC)c1. The van der Waals surface area contributed by atoms with E-state index in [1.165, 1.54) is 19.1 Å². The van der Waals surface area contributed by atoms with Gasteiger partial charge in [0.2, 0.25) is 0 Å². The fraction of sp³-hybridized carbons (Fsp3) is 0.200. The standard InChI is InChI=1S/C25H21Br2NO5/c1-32-17-8-9-18(23(12-17)33-2)22(29)13-25(31)19-11-16(26)7-10-21(19)28(24(25)30)14-15-5-3-4-6-20(15)27/h3-12,31H,13-14H2,1-2H3. The number of anilines is 1.